The molecule has 3 nitrogen and oxygen atoms in total. The highest BCUT2D eigenvalue weighted by Crippen LogP contribution is 2.22. The maximum Gasteiger partial charge on any atom is 0.0397 e. The van der Waals surface area contributed by atoms with Crippen molar-refractivity contribution in [3.63, 3.8) is 0 Å². The van der Waals surface area contributed by atoms with Crippen molar-refractivity contribution in [1.82, 2.24) is 8.51 Å². The summed E-state index contributed by atoms with van der Waals surface area (Å²) < 4.78 is 3.23. The zero-order valence-electron chi connectivity index (χ0n) is 8.69. The molecule has 1 aliphatic rings. The van der Waals surface area contributed by atoms with E-state index in [1.807, 2.05) is 12.4 Å². The van der Waals surface area contributed by atoms with E-state index in [0.717, 1.165) is 12.5 Å². The largest absolute Gasteiger partial charge is 0.371 e. The fourth-order valence-corrected chi connectivity index (χ4v) is 2.68. The van der Waals surface area contributed by atoms with Crippen molar-refractivity contribution in [2.45, 2.75) is 12.8 Å². The van der Waals surface area contributed by atoms with Gasteiger partial charge in [-0.05, 0) is 30.9 Å². The zero-order chi connectivity index (χ0) is 10.5. The van der Waals surface area contributed by atoms with E-state index in [9.17, 15) is 0 Å². The average Bonchev–Trinajstić information content (AvgIpc) is 2.32. The summed E-state index contributed by atoms with van der Waals surface area (Å²) in [5, 5.41) is 0. The number of piperidine rings is 1. The smallest absolute Gasteiger partial charge is 0.0397 e. The Kier molecular flexibility index (Phi) is 4.19. The Morgan fingerprint density at radius 2 is 2.00 bits per heavy atom. The fourth-order valence-electron chi connectivity index (χ4n) is 2.06. The van der Waals surface area contributed by atoms with Crippen LogP contribution < -0.4 is 8.43 Å². The molecule has 0 bridgehead atoms. The molecule has 0 saturated carbocycles. The molecule has 0 spiro atoms. The molecule has 0 radical (unpaired) electrons. The van der Waals surface area contributed by atoms with E-state index in [1.165, 1.54) is 31.6 Å². The third-order valence-corrected chi connectivity index (χ3v) is 3.45. The zero-order valence-corrected chi connectivity index (χ0v) is 10.9. The predicted octanol–water partition coefficient (Wildman–Crippen LogP) is 2.24. The summed E-state index contributed by atoms with van der Waals surface area (Å²) >= 11 is 2.23. The molecule has 1 N–H and O–H groups in total. The van der Waals surface area contributed by atoms with Gasteiger partial charge in [-0.3, -0.25) is 8.51 Å². The number of nitrogens with zero attached hydrogens (tertiary/aromatic N) is 2. The van der Waals surface area contributed by atoms with Crippen molar-refractivity contribution in [2.24, 2.45) is 5.92 Å². The van der Waals surface area contributed by atoms with Gasteiger partial charge in [0.2, 0.25) is 0 Å². The van der Waals surface area contributed by atoms with Crippen LogP contribution in [0, 0.1) is 5.92 Å². The van der Waals surface area contributed by atoms with E-state index in [2.05, 4.69) is 48.4 Å². The van der Waals surface area contributed by atoms with Crippen LogP contribution in [-0.4, -0.2) is 24.6 Å². The Balaban J connectivity index is 1.88. The average molecular weight is 317 g/mol. The van der Waals surface area contributed by atoms with Crippen LogP contribution in [0.4, 0.5) is 5.69 Å². The van der Waals surface area contributed by atoms with Gasteiger partial charge in [-0.1, -0.05) is 0 Å². The Bertz CT molecular complexity index is 283. The van der Waals surface area contributed by atoms with Crippen LogP contribution in [0.3, 0.4) is 0 Å². The number of anilines is 1. The Labute approximate surface area is 105 Å². The molecule has 0 amide bonds. The lowest BCUT2D eigenvalue weighted by Gasteiger charge is -2.33. The van der Waals surface area contributed by atoms with Crippen molar-refractivity contribution in [3.8, 4) is 0 Å². The van der Waals surface area contributed by atoms with Crippen molar-refractivity contribution in [1.29, 1.82) is 0 Å². The van der Waals surface area contributed by atoms with Crippen LogP contribution in [0.15, 0.2) is 24.5 Å². The number of halogens is 1. The van der Waals surface area contributed by atoms with Crippen LogP contribution in [-0.2, 0) is 0 Å². The summed E-state index contributed by atoms with van der Waals surface area (Å²) in [6, 6.07) is 4.19. The highest BCUT2D eigenvalue weighted by atomic mass is 127. The van der Waals surface area contributed by atoms with Crippen LogP contribution in [0.2, 0.25) is 0 Å². The molecule has 1 saturated heterocycles. The molecule has 0 aliphatic carbocycles. The molecule has 2 heterocycles. The van der Waals surface area contributed by atoms with Gasteiger partial charge in [0.15, 0.2) is 0 Å². The van der Waals surface area contributed by atoms with Gasteiger partial charge in [0.1, 0.15) is 0 Å². The minimum absolute atomic E-state index is 0.847. The second-order valence-electron chi connectivity index (χ2n) is 3.97. The molecule has 1 fully saturated rings. The quantitative estimate of drug-likeness (QED) is 0.684. The first-order chi connectivity index (χ1) is 7.40. The Hall–Kier alpha value is -0.360. The Morgan fingerprint density at radius 1 is 1.33 bits per heavy atom. The lowest BCUT2D eigenvalue weighted by molar-refractivity contribution is 0.409. The normalized spacial score (nSPS) is 18.1. The third kappa shape index (κ3) is 3.04. The van der Waals surface area contributed by atoms with Crippen LogP contribution >= 0.6 is 22.9 Å². The summed E-state index contributed by atoms with van der Waals surface area (Å²) in [6.07, 6.45) is 6.32. The van der Waals surface area contributed by atoms with Gasteiger partial charge in [-0.2, -0.15) is 0 Å². The third-order valence-electron chi connectivity index (χ3n) is 3.01. The highest BCUT2D eigenvalue weighted by molar-refractivity contribution is 14.1. The minimum atomic E-state index is 0.847. The van der Waals surface area contributed by atoms with Gasteiger partial charge in [-0.25, -0.2) is 0 Å². The number of pyridine rings is 1. The maximum absolute atomic E-state index is 4.05. The fraction of sp³-hybridized carbons (Fsp3) is 0.545. The van der Waals surface area contributed by atoms with E-state index in [1.54, 1.807) is 0 Å². The molecule has 82 valence electrons. The first kappa shape index (κ1) is 11.1. The van der Waals surface area contributed by atoms with Crippen molar-refractivity contribution in [2.75, 3.05) is 24.5 Å². The van der Waals surface area contributed by atoms with Gasteiger partial charge < -0.3 is 4.90 Å². The number of hydrogen-bond acceptors (Lipinski definition) is 3. The second kappa shape index (κ2) is 5.65. The highest BCUT2D eigenvalue weighted by Gasteiger charge is 2.18. The minimum Gasteiger partial charge on any atom is -0.371 e. The predicted molar refractivity (Wildman–Crippen MR) is 71.2 cm³/mol. The van der Waals surface area contributed by atoms with Crippen molar-refractivity contribution >= 4 is 28.6 Å². The number of rotatable bonds is 3. The van der Waals surface area contributed by atoms with E-state index < -0.39 is 0 Å². The Morgan fingerprint density at radius 3 is 2.60 bits per heavy atom. The molecular formula is C11H16IN3. The second-order valence-corrected chi connectivity index (χ2v) is 4.74. The van der Waals surface area contributed by atoms with Crippen molar-refractivity contribution in [3.05, 3.63) is 24.5 Å². The number of aromatic nitrogens is 1. The lowest BCUT2D eigenvalue weighted by Crippen LogP contribution is -2.35. The monoisotopic (exact) mass is 317 g/mol. The van der Waals surface area contributed by atoms with Gasteiger partial charge in [0.05, 0.1) is 0 Å². The topological polar surface area (TPSA) is 28.2 Å². The molecule has 4 heteroatoms. The number of nitrogens with one attached hydrogen (secondary N) is 1. The van der Waals surface area contributed by atoms with E-state index in [-0.39, 0.29) is 0 Å². The van der Waals surface area contributed by atoms with E-state index >= 15 is 0 Å². The van der Waals surface area contributed by atoms with Gasteiger partial charge in [0, 0.05) is 60.6 Å². The summed E-state index contributed by atoms with van der Waals surface area (Å²) in [5.74, 6) is 0.847. The van der Waals surface area contributed by atoms with Crippen LogP contribution in [0.5, 0.6) is 0 Å². The molecule has 2 rings (SSSR count). The van der Waals surface area contributed by atoms with Gasteiger partial charge in [0.25, 0.3) is 0 Å². The first-order valence-electron chi connectivity index (χ1n) is 5.38. The maximum atomic E-state index is 4.05. The molecular weight excluding hydrogens is 301 g/mol. The van der Waals surface area contributed by atoms with Gasteiger partial charge in [-0.15, -0.1) is 0 Å². The summed E-state index contributed by atoms with van der Waals surface area (Å²) in [6.45, 7) is 3.49. The molecule has 1 aliphatic heterocycles. The first-order valence-corrected chi connectivity index (χ1v) is 6.46. The molecule has 0 aromatic carbocycles. The molecule has 15 heavy (non-hydrogen) atoms. The van der Waals surface area contributed by atoms with Crippen LogP contribution in [0.1, 0.15) is 12.8 Å². The van der Waals surface area contributed by atoms with E-state index in [4.69, 9.17) is 0 Å². The summed E-state index contributed by atoms with van der Waals surface area (Å²) in [4.78, 5) is 6.50. The lowest BCUT2D eigenvalue weighted by atomic mass is 9.97. The summed E-state index contributed by atoms with van der Waals surface area (Å²) in [5.41, 5.74) is 1.31. The molecule has 0 atom stereocenters. The van der Waals surface area contributed by atoms with Gasteiger partial charge >= 0.3 is 0 Å². The molecule has 1 aromatic rings. The number of hydrogen-bond donors (Lipinski definition) is 1. The standard InChI is InChI=1S/C11H16IN3/c12-14-9-10-3-7-15(8-4-10)11-1-5-13-6-2-11/h1-2,5-6,10,14H,3-4,7-9H2. The van der Waals surface area contributed by atoms with Crippen molar-refractivity contribution < 1.29 is 0 Å². The molecule has 1 aromatic heterocycles. The molecule has 0 unspecified atom stereocenters. The van der Waals surface area contributed by atoms with Crippen LogP contribution in [0.25, 0.3) is 0 Å². The summed E-state index contributed by atoms with van der Waals surface area (Å²) in [7, 11) is 0. The SMILES string of the molecule is INCC1CCN(c2ccncc2)CC1. The van der Waals surface area contributed by atoms with E-state index in [0.29, 0.717) is 0 Å².